The van der Waals surface area contributed by atoms with Crippen LogP contribution in [-0.2, 0) is 4.79 Å². The Morgan fingerprint density at radius 3 is 3.00 bits per heavy atom. The van der Waals surface area contributed by atoms with Crippen molar-refractivity contribution in [2.24, 2.45) is 0 Å². The van der Waals surface area contributed by atoms with Crippen LogP contribution in [0.1, 0.15) is 35.8 Å². The van der Waals surface area contributed by atoms with Crippen molar-refractivity contribution in [2.75, 3.05) is 6.54 Å². The summed E-state index contributed by atoms with van der Waals surface area (Å²) >= 11 is 0. The minimum absolute atomic E-state index is 0.0232. The van der Waals surface area contributed by atoms with E-state index in [1.165, 1.54) is 0 Å². The van der Waals surface area contributed by atoms with Crippen molar-refractivity contribution in [3.8, 4) is 6.07 Å². The van der Waals surface area contributed by atoms with Gasteiger partial charge in [-0.3, -0.25) is 4.79 Å². The molecule has 2 aromatic carbocycles. The van der Waals surface area contributed by atoms with E-state index in [2.05, 4.69) is 16.0 Å². The van der Waals surface area contributed by atoms with Gasteiger partial charge in [0.25, 0.3) is 0 Å². The van der Waals surface area contributed by atoms with E-state index in [0.717, 1.165) is 41.8 Å². The molecule has 1 aliphatic heterocycles. The molecular formula is C21H18N4O. The van der Waals surface area contributed by atoms with Gasteiger partial charge >= 0.3 is 0 Å². The SMILES string of the molecule is N#Cc1cccc(/C=C\C(=O)N2CCC[C@@H]2c2nc3ccccc3[nH]2)c1. The number of fused-ring (bicyclic) bond motifs is 1. The molecule has 0 unspecified atom stereocenters. The summed E-state index contributed by atoms with van der Waals surface area (Å²) in [5.74, 6) is 0.812. The van der Waals surface area contributed by atoms with E-state index >= 15 is 0 Å². The van der Waals surface area contributed by atoms with Crippen LogP contribution in [0.4, 0.5) is 0 Å². The summed E-state index contributed by atoms with van der Waals surface area (Å²) in [6.45, 7) is 0.725. The molecule has 128 valence electrons. The molecule has 26 heavy (non-hydrogen) atoms. The number of benzene rings is 2. The van der Waals surface area contributed by atoms with Gasteiger partial charge in [-0.2, -0.15) is 5.26 Å². The van der Waals surface area contributed by atoms with Crippen molar-refractivity contribution in [3.63, 3.8) is 0 Å². The lowest BCUT2D eigenvalue weighted by Gasteiger charge is -2.21. The van der Waals surface area contributed by atoms with Crippen LogP contribution in [0.25, 0.3) is 17.1 Å². The monoisotopic (exact) mass is 342 g/mol. The number of imidazole rings is 1. The fourth-order valence-corrected chi connectivity index (χ4v) is 3.42. The summed E-state index contributed by atoms with van der Waals surface area (Å²) in [6.07, 6.45) is 5.21. The highest BCUT2D eigenvalue weighted by molar-refractivity contribution is 5.92. The number of carbonyl (C=O) groups excluding carboxylic acids is 1. The minimum atomic E-state index is -0.0321. The Labute approximate surface area is 151 Å². The van der Waals surface area contributed by atoms with Crippen molar-refractivity contribution in [1.82, 2.24) is 14.9 Å². The molecule has 0 aliphatic carbocycles. The predicted molar refractivity (Wildman–Crippen MR) is 100.0 cm³/mol. The van der Waals surface area contributed by atoms with Crippen LogP contribution in [0.15, 0.2) is 54.6 Å². The molecule has 0 spiro atoms. The number of nitrogens with zero attached hydrogens (tertiary/aromatic N) is 3. The summed E-state index contributed by atoms with van der Waals surface area (Å²) in [4.78, 5) is 22.6. The van der Waals surface area contributed by atoms with E-state index in [1.54, 1.807) is 24.3 Å². The molecule has 0 bridgehead atoms. The topological polar surface area (TPSA) is 72.8 Å². The first-order valence-electron chi connectivity index (χ1n) is 8.68. The number of hydrogen-bond acceptors (Lipinski definition) is 3. The molecule has 4 rings (SSSR count). The maximum atomic E-state index is 12.7. The molecule has 1 atom stereocenters. The van der Waals surface area contributed by atoms with E-state index in [0.29, 0.717) is 5.56 Å². The molecule has 1 fully saturated rings. The summed E-state index contributed by atoms with van der Waals surface area (Å²) < 4.78 is 0. The van der Waals surface area contributed by atoms with Crippen molar-refractivity contribution < 1.29 is 4.79 Å². The van der Waals surface area contributed by atoms with Gasteiger partial charge in [-0.1, -0.05) is 24.3 Å². The normalized spacial score (nSPS) is 17.0. The van der Waals surface area contributed by atoms with Gasteiger partial charge in [0.05, 0.1) is 28.7 Å². The first-order chi connectivity index (χ1) is 12.7. The summed E-state index contributed by atoms with van der Waals surface area (Å²) in [5, 5.41) is 8.97. The third kappa shape index (κ3) is 3.09. The van der Waals surface area contributed by atoms with Crippen LogP contribution in [0.5, 0.6) is 0 Å². The van der Waals surface area contributed by atoms with Crippen molar-refractivity contribution >= 4 is 23.0 Å². The highest BCUT2D eigenvalue weighted by atomic mass is 16.2. The fraction of sp³-hybridized carbons (Fsp3) is 0.190. The average Bonchev–Trinajstić information content (AvgIpc) is 3.32. The van der Waals surface area contributed by atoms with Crippen molar-refractivity contribution in [2.45, 2.75) is 18.9 Å². The number of aromatic amines is 1. The van der Waals surface area contributed by atoms with Gasteiger partial charge in [-0.25, -0.2) is 4.98 Å². The second kappa shape index (κ2) is 6.85. The van der Waals surface area contributed by atoms with Gasteiger partial charge in [-0.15, -0.1) is 0 Å². The highest BCUT2D eigenvalue weighted by Crippen LogP contribution is 2.31. The Hall–Kier alpha value is -3.39. The number of likely N-dealkylation sites (tertiary alicyclic amines) is 1. The lowest BCUT2D eigenvalue weighted by molar-refractivity contribution is -0.126. The predicted octanol–water partition coefficient (Wildman–Crippen LogP) is 3.81. The van der Waals surface area contributed by atoms with Crippen LogP contribution < -0.4 is 0 Å². The number of hydrogen-bond donors (Lipinski definition) is 1. The molecule has 1 saturated heterocycles. The van der Waals surface area contributed by atoms with E-state index in [4.69, 9.17) is 5.26 Å². The maximum absolute atomic E-state index is 12.7. The standard InChI is InChI=1S/C21H18N4O/c22-14-16-6-3-5-15(13-16)10-11-20(26)25-12-4-9-19(25)21-23-17-7-1-2-8-18(17)24-21/h1-3,5-8,10-11,13,19H,4,9,12H2,(H,23,24)/b11-10-/t19-/m1/s1. The summed E-state index contributed by atoms with van der Waals surface area (Å²) in [6, 6.07) is 17.2. The molecule has 1 amide bonds. The van der Waals surface area contributed by atoms with Gasteiger partial charge in [0.15, 0.2) is 0 Å². The number of carbonyl (C=O) groups is 1. The van der Waals surface area contributed by atoms with Crippen molar-refractivity contribution in [3.05, 3.63) is 71.6 Å². The van der Waals surface area contributed by atoms with Crippen LogP contribution in [-0.4, -0.2) is 27.3 Å². The van der Waals surface area contributed by atoms with Gasteiger partial charge < -0.3 is 9.88 Å². The van der Waals surface area contributed by atoms with E-state index in [9.17, 15) is 4.79 Å². The number of H-pyrrole nitrogens is 1. The molecule has 3 aromatic rings. The molecule has 1 aliphatic rings. The van der Waals surface area contributed by atoms with E-state index < -0.39 is 0 Å². The van der Waals surface area contributed by atoms with Gasteiger partial charge in [-0.05, 0) is 48.7 Å². The fourth-order valence-electron chi connectivity index (χ4n) is 3.42. The third-order valence-electron chi connectivity index (χ3n) is 4.69. The Kier molecular flexibility index (Phi) is 4.24. The quantitative estimate of drug-likeness (QED) is 0.736. The number of para-hydroxylation sites is 2. The highest BCUT2D eigenvalue weighted by Gasteiger charge is 2.30. The van der Waals surface area contributed by atoms with Crippen LogP contribution >= 0.6 is 0 Å². The maximum Gasteiger partial charge on any atom is 0.247 e. The van der Waals surface area contributed by atoms with Crippen LogP contribution in [0.2, 0.25) is 0 Å². The molecule has 1 N–H and O–H groups in total. The lowest BCUT2D eigenvalue weighted by Crippen LogP contribution is -2.29. The summed E-state index contributed by atoms with van der Waals surface area (Å²) in [7, 11) is 0. The molecule has 0 radical (unpaired) electrons. The third-order valence-corrected chi connectivity index (χ3v) is 4.69. The lowest BCUT2D eigenvalue weighted by atomic mass is 10.1. The Morgan fingerprint density at radius 1 is 1.27 bits per heavy atom. The first kappa shape index (κ1) is 16.1. The summed E-state index contributed by atoms with van der Waals surface area (Å²) in [5.41, 5.74) is 3.34. The Bertz CT molecular complexity index is 995. The molecular weight excluding hydrogens is 324 g/mol. The number of nitriles is 1. The molecule has 2 heterocycles. The zero-order valence-corrected chi connectivity index (χ0v) is 14.2. The number of amides is 1. The zero-order valence-electron chi connectivity index (χ0n) is 14.2. The second-order valence-electron chi connectivity index (χ2n) is 6.40. The molecule has 1 aromatic heterocycles. The van der Waals surface area contributed by atoms with Gasteiger partial charge in [0.1, 0.15) is 5.82 Å². The largest absolute Gasteiger partial charge is 0.340 e. The zero-order chi connectivity index (χ0) is 17.9. The molecule has 5 nitrogen and oxygen atoms in total. The minimum Gasteiger partial charge on any atom is -0.340 e. The van der Waals surface area contributed by atoms with Crippen molar-refractivity contribution in [1.29, 1.82) is 5.26 Å². The first-order valence-corrected chi connectivity index (χ1v) is 8.68. The Morgan fingerprint density at radius 2 is 2.15 bits per heavy atom. The van der Waals surface area contributed by atoms with Gasteiger partial charge in [0, 0.05) is 12.6 Å². The van der Waals surface area contributed by atoms with E-state index in [1.807, 2.05) is 41.3 Å². The van der Waals surface area contributed by atoms with Gasteiger partial charge in [0.2, 0.25) is 5.91 Å². The number of aromatic nitrogens is 2. The van der Waals surface area contributed by atoms with Crippen LogP contribution in [0, 0.1) is 11.3 Å². The number of rotatable bonds is 3. The van der Waals surface area contributed by atoms with Crippen LogP contribution in [0.3, 0.4) is 0 Å². The molecule has 5 heteroatoms. The second-order valence-corrected chi connectivity index (χ2v) is 6.40. The van der Waals surface area contributed by atoms with E-state index in [-0.39, 0.29) is 11.9 Å². The smallest absolute Gasteiger partial charge is 0.247 e. The molecule has 0 saturated carbocycles. The average molecular weight is 342 g/mol. The number of nitrogens with one attached hydrogen (secondary N) is 1. The Balaban J connectivity index is 1.54.